The zero-order valence-corrected chi connectivity index (χ0v) is 15.6. The lowest BCUT2D eigenvalue weighted by molar-refractivity contribution is -0.117. The molecule has 1 heterocycles. The van der Waals surface area contributed by atoms with Crippen LogP contribution < -0.4 is 4.74 Å². The van der Waals surface area contributed by atoms with Crippen molar-refractivity contribution < 1.29 is 14.6 Å². The molecule has 0 spiro atoms. The molecule has 1 N–H and O–H groups in total. The molecule has 2 aromatic carbocycles. The van der Waals surface area contributed by atoms with Gasteiger partial charge >= 0.3 is 0 Å². The molecule has 1 amide bonds. The summed E-state index contributed by atoms with van der Waals surface area (Å²) in [5.41, 5.74) is 1.95. The Morgan fingerprint density at radius 1 is 1.15 bits per heavy atom. The molecule has 0 saturated carbocycles. The van der Waals surface area contributed by atoms with Gasteiger partial charge in [0.05, 0.1) is 25.7 Å². The molecule has 7 nitrogen and oxygen atoms in total. The molecule has 7 heteroatoms. The Bertz CT molecular complexity index is 975. The van der Waals surface area contributed by atoms with E-state index < -0.39 is 0 Å². The first-order valence-corrected chi connectivity index (χ1v) is 8.52. The molecular formula is C20H22N4O3. The molecule has 3 rings (SSSR count). The Hall–Kier alpha value is -3.19. The summed E-state index contributed by atoms with van der Waals surface area (Å²) in [5.74, 6) is 0.335. The smallest absolute Gasteiger partial charge is 0.269 e. The highest BCUT2D eigenvalue weighted by Gasteiger charge is 2.17. The summed E-state index contributed by atoms with van der Waals surface area (Å²) in [6.07, 6.45) is 0.130. The van der Waals surface area contributed by atoms with E-state index in [4.69, 9.17) is 4.74 Å². The molecule has 0 unspecified atom stereocenters. The van der Waals surface area contributed by atoms with Crippen molar-refractivity contribution in [3.63, 3.8) is 0 Å². The van der Waals surface area contributed by atoms with Crippen molar-refractivity contribution in [2.75, 3.05) is 21.2 Å². The highest BCUT2D eigenvalue weighted by atomic mass is 16.5. The maximum Gasteiger partial charge on any atom is 0.269 e. The van der Waals surface area contributed by atoms with Crippen LogP contribution in [0.2, 0.25) is 0 Å². The third-order valence-corrected chi connectivity index (χ3v) is 4.12. The third-order valence-electron chi connectivity index (χ3n) is 4.12. The minimum atomic E-state index is -0.385. The number of azo groups is 1. The quantitative estimate of drug-likeness (QED) is 0.674. The average molecular weight is 366 g/mol. The Balaban J connectivity index is 1.84. The third kappa shape index (κ3) is 4.15. The average Bonchev–Trinajstić information content (AvgIpc) is 2.92. The second-order valence-corrected chi connectivity index (χ2v) is 6.46. The zero-order valence-electron chi connectivity index (χ0n) is 15.6. The van der Waals surface area contributed by atoms with E-state index in [1.54, 1.807) is 23.8 Å². The van der Waals surface area contributed by atoms with E-state index in [0.717, 1.165) is 22.2 Å². The van der Waals surface area contributed by atoms with Crippen LogP contribution in [0.15, 0.2) is 58.8 Å². The summed E-state index contributed by atoms with van der Waals surface area (Å²) in [7, 11) is 5.41. The number of hydrogen-bond acceptors (Lipinski definition) is 5. The second-order valence-electron chi connectivity index (χ2n) is 6.46. The van der Waals surface area contributed by atoms with Gasteiger partial charge in [-0.2, -0.15) is 0 Å². The van der Waals surface area contributed by atoms with Gasteiger partial charge in [-0.1, -0.05) is 30.3 Å². The number of ether oxygens (including phenoxy) is 1. The Kier molecular flexibility index (Phi) is 5.52. The van der Waals surface area contributed by atoms with Crippen LogP contribution in [0.25, 0.3) is 10.9 Å². The van der Waals surface area contributed by atoms with Crippen LogP contribution in [0.5, 0.6) is 11.6 Å². The maximum absolute atomic E-state index is 12.2. The summed E-state index contributed by atoms with van der Waals surface area (Å²) >= 11 is 0. The number of benzene rings is 2. The van der Waals surface area contributed by atoms with E-state index >= 15 is 0 Å². The number of aromatic nitrogens is 1. The molecule has 1 aromatic heterocycles. The van der Waals surface area contributed by atoms with E-state index in [2.05, 4.69) is 10.2 Å². The summed E-state index contributed by atoms with van der Waals surface area (Å²) in [5, 5.41) is 19.2. The van der Waals surface area contributed by atoms with E-state index in [9.17, 15) is 9.90 Å². The molecular weight excluding hydrogens is 344 g/mol. The van der Waals surface area contributed by atoms with Gasteiger partial charge in [-0.25, -0.2) is 0 Å². The SMILES string of the molecule is COc1ccc(CC(=O)N=Nc2c(O)n(CN(C)C)c3ccccc23)cc1. The monoisotopic (exact) mass is 366 g/mol. The van der Waals surface area contributed by atoms with Gasteiger partial charge in [0.25, 0.3) is 5.91 Å². The predicted molar refractivity (Wildman–Crippen MR) is 104 cm³/mol. The number of aromatic hydroxyl groups is 1. The number of methoxy groups -OCH3 is 1. The minimum absolute atomic E-state index is 0.00843. The number of para-hydroxylation sites is 1. The lowest BCUT2D eigenvalue weighted by Crippen LogP contribution is -2.16. The van der Waals surface area contributed by atoms with Gasteiger partial charge in [0.15, 0.2) is 5.69 Å². The summed E-state index contributed by atoms with van der Waals surface area (Å²) in [6, 6.07) is 14.7. The first kappa shape index (κ1) is 18.6. The number of amides is 1. The van der Waals surface area contributed by atoms with Gasteiger partial charge in [-0.05, 0) is 37.9 Å². The fraction of sp³-hybridized carbons (Fsp3) is 0.250. The van der Waals surface area contributed by atoms with Crippen molar-refractivity contribution in [2.45, 2.75) is 13.1 Å². The second kappa shape index (κ2) is 8.01. The number of carbonyl (C=O) groups is 1. The van der Waals surface area contributed by atoms with Crippen molar-refractivity contribution in [2.24, 2.45) is 10.2 Å². The predicted octanol–water partition coefficient (Wildman–Crippen LogP) is 3.73. The summed E-state index contributed by atoms with van der Waals surface area (Å²) < 4.78 is 6.84. The first-order chi connectivity index (χ1) is 13.0. The van der Waals surface area contributed by atoms with Crippen LogP contribution in [-0.2, 0) is 17.9 Å². The van der Waals surface area contributed by atoms with Gasteiger partial charge in [0, 0.05) is 5.39 Å². The Morgan fingerprint density at radius 3 is 2.52 bits per heavy atom. The van der Waals surface area contributed by atoms with Crippen molar-refractivity contribution in [1.82, 2.24) is 9.47 Å². The molecule has 27 heavy (non-hydrogen) atoms. The number of carbonyl (C=O) groups excluding carboxylic acids is 1. The molecule has 3 aromatic rings. The summed E-state index contributed by atoms with van der Waals surface area (Å²) in [6.45, 7) is 0.488. The van der Waals surface area contributed by atoms with Gasteiger partial charge in [0.1, 0.15) is 5.75 Å². The first-order valence-electron chi connectivity index (χ1n) is 8.52. The molecule has 0 aliphatic carbocycles. The molecule has 0 aliphatic rings. The topological polar surface area (TPSA) is 79.4 Å². The number of hydrogen-bond donors (Lipinski definition) is 1. The number of rotatable bonds is 6. The molecule has 140 valence electrons. The normalized spacial score (nSPS) is 11.6. The van der Waals surface area contributed by atoms with E-state index in [0.29, 0.717) is 12.4 Å². The number of fused-ring (bicyclic) bond motifs is 1. The van der Waals surface area contributed by atoms with E-state index in [1.165, 1.54) is 0 Å². The molecule has 0 fully saturated rings. The van der Waals surface area contributed by atoms with Gasteiger partial charge in [-0.15, -0.1) is 10.2 Å². The van der Waals surface area contributed by atoms with Crippen molar-refractivity contribution in [1.29, 1.82) is 0 Å². The fourth-order valence-corrected chi connectivity index (χ4v) is 2.86. The summed E-state index contributed by atoms with van der Waals surface area (Å²) in [4.78, 5) is 14.1. The lowest BCUT2D eigenvalue weighted by Gasteiger charge is -2.12. The Labute approximate surface area is 157 Å². The van der Waals surface area contributed by atoms with Crippen LogP contribution in [0.1, 0.15) is 5.56 Å². The molecule has 0 bridgehead atoms. The van der Waals surface area contributed by atoms with Gasteiger partial charge in [-0.3, -0.25) is 14.3 Å². The van der Waals surface area contributed by atoms with Crippen LogP contribution >= 0.6 is 0 Å². The van der Waals surface area contributed by atoms with Crippen molar-refractivity contribution in [3.8, 4) is 11.6 Å². The van der Waals surface area contributed by atoms with Gasteiger partial charge in [0.2, 0.25) is 5.88 Å². The zero-order chi connectivity index (χ0) is 19.4. The van der Waals surface area contributed by atoms with Crippen LogP contribution in [0.3, 0.4) is 0 Å². The molecule has 0 saturated heterocycles. The van der Waals surface area contributed by atoms with Gasteiger partial charge < -0.3 is 9.84 Å². The minimum Gasteiger partial charge on any atom is -0.497 e. The maximum atomic E-state index is 12.2. The molecule has 0 aliphatic heterocycles. The Morgan fingerprint density at radius 2 is 1.85 bits per heavy atom. The largest absolute Gasteiger partial charge is 0.497 e. The van der Waals surface area contributed by atoms with E-state index in [1.807, 2.05) is 55.4 Å². The van der Waals surface area contributed by atoms with Crippen LogP contribution in [-0.4, -0.2) is 41.7 Å². The van der Waals surface area contributed by atoms with Crippen molar-refractivity contribution >= 4 is 22.5 Å². The standard InChI is InChI=1S/C20H22N4O3/c1-23(2)13-24-17-7-5-4-6-16(17)19(20(24)26)22-21-18(25)12-14-8-10-15(27-3)11-9-14/h4-11,26H,12-13H2,1-3H3. The fourth-order valence-electron chi connectivity index (χ4n) is 2.86. The lowest BCUT2D eigenvalue weighted by atomic mass is 10.1. The van der Waals surface area contributed by atoms with Crippen molar-refractivity contribution in [3.05, 3.63) is 54.1 Å². The molecule has 0 atom stereocenters. The molecule has 0 radical (unpaired) electrons. The van der Waals surface area contributed by atoms with Crippen LogP contribution in [0, 0.1) is 0 Å². The highest BCUT2D eigenvalue weighted by Crippen LogP contribution is 2.38. The highest BCUT2D eigenvalue weighted by molar-refractivity contribution is 5.95. The number of nitrogens with zero attached hydrogens (tertiary/aromatic N) is 4. The van der Waals surface area contributed by atoms with Crippen LogP contribution in [0.4, 0.5) is 5.69 Å². The van der Waals surface area contributed by atoms with E-state index in [-0.39, 0.29) is 18.2 Å².